The number of hydrogen-bond donors (Lipinski definition) is 0. The van der Waals surface area contributed by atoms with E-state index in [1.54, 1.807) is 0 Å². The van der Waals surface area contributed by atoms with E-state index in [-0.39, 0.29) is 5.54 Å². The summed E-state index contributed by atoms with van der Waals surface area (Å²) in [4.78, 5) is 4.79. The Hall–Kier alpha value is -1.03. The molecular weight excluding hydrogens is 260 g/mol. The van der Waals surface area contributed by atoms with E-state index in [1.165, 1.54) is 12.8 Å². The zero-order valence-corrected chi connectivity index (χ0v) is 12.8. The van der Waals surface area contributed by atoms with Gasteiger partial charge >= 0.3 is 0 Å². The molecule has 2 aromatic heterocycles. The van der Waals surface area contributed by atoms with Crippen LogP contribution in [0.15, 0.2) is 0 Å². The van der Waals surface area contributed by atoms with Gasteiger partial charge in [0.1, 0.15) is 11.3 Å². The second kappa shape index (κ2) is 4.23. The minimum absolute atomic E-state index is 0.0936. The highest BCUT2D eigenvalue weighted by Crippen LogP contribution is 2.45. The zero-order valence-electron chi connectivity index (χ0n) is 12.1. The molecule has 2 aromatic rings. The normalized spacial score (nSPS) is 16.5. The van der Waals surface area contributed by atoms with Crippen molar-refractivity contribution in [2.75, 3.05) is 5.88 Å². The van der Waals surface area contributed by atoms with Gasteiger partial charge in [0.2, 0.25) is 0 Å². The SMILES string of the molecule is Cc1nn(C)c2c1nc(CCCl)n2C(C)(C)C1CC1. The number of aryl methyl sites for hydroxylation is 3. The minimum Gasteiger partial charge on any atom is -0.307 e. The van der Waals surface area contributed by atoms with Crippen molar-refractivity contribution in [2.24, 2.45) is 13.0 Å². The molecule has 0 unspecified atom stereocenters. The second-order valence-electron chi connectivity index (χ2n) is 6.11. The maximum absolute atomic E-state index is 5.95. The van der Waals surface area contributed by atoms with Gasteiger partial charge in [0.25, 0.3) is 0 Å². The third-order valence-corrected chi connectivity index (χ3v) is 4.53. The molecule has 4 nitrogen and oxygen atoms in total. The molecule has 1 aliphatic carbocycles. The van der Waals surface area contributed by atoms with Gasteiger partial charge in [-0.2, -0.15) is 5.10 Å². The molecule has 0 saturated heterocycles. The summed E-state index contributed by atoms with van der Waals surface area (Å²) in [5, 5.41) is 4.51. The van der Waals surface area contributed by atoms with Crippen molar-refractivity contribution < 1.29 is 0 Å². The first-order valence-electron chi connectivity index (χ1n) is 6.94. The first-order chi connectivity index (χ1) is 8.96. The fourth-order valence-corrected chi connectivity index (χ4v) is 3.32. The Morgan fingerprint density at radius 2 is 2.05 bits per heavy atom. The predicted molar refractivity (Wildman–Crippen MR) is 77.7 cm³/mol. The predicted octanol–water partition coefficient (Wildman–Crippen LogP) is 3.00. The number of alkyl halides is 1. The molecule has 0 atom stereocenters. The van der Waals surface area contributed by atoms with Gasteiger partial charge in [0.05, 0.1) is 5.69 Å². The lowest BCUT2D eigenvalue weighted by Crippen LogP contribution is -2.31. The van der Waals surface area contributed by atoms with Crippen molar-refractivity contribution in [2.45, 2.75) is 45.6 Å². The highest BCUT2D eigenvalue weighted by Gasteiger charge is 2.41. The summed E-state index contributed by atoms with van der Waals surface area (Å²) in [6.45, 7) is 6.64. The molecular formula is C14H21ClN4. The van der Waals surface area contributed by atoms with Crippen LogP contribution in [-0.4, -0.2) is 25.2 Å². The van der Waals surface area contributed by atoms with E-state index in [0.29, 0.717) is 5.88 Å². The molecule has 0 bridgehead atoms. The summed E-state index contributed by atoms with van der Waals surface area (Å²) in [5.41, 5.74) is 3.25. The lowest BCUT2D eigenvalue weighted by molar-refractivity contribution is 0.301. The number of fused-ring (bicyclic) bond motifs is 1. The van der Waals surface area contributed by atoms with Crippen molar-refractivity contribution in [1.82, 2.24) is 19.3 Å². The van der Waals surface area contributed by atoms with E-state index >= 15 is 0 Å². The topological polar surface area (TPSA) is 35.6 Å². The Kier molecular flexibility index (Phi) is 2.89. The van der Waals surface area contributed by atoms with Crippen LogP contribution in [0, 0.1) is 12.8 Å². The average molecular weight is 281 g/mol. The molecule has 1 aliphatic rings. The zero-order chi connectivity index (χ0) is 13.8. The van der Waals surface area contributed by atoms with Gasteiger partial charge in [-0.05, 0) is 39.5 Å². The number of hydrogen-bond acceptors (Lipinski definition) is 2. The molecule has 19 heavy (non-hydrogen) atoms. The first-order valence-corrected chi connectivity index (χ1v) is 7.47. The summed E-state index contributed by atoms with van der Waals surface area (Å²) in [6.07, 6.45) is 3.43. The second-order valence-corrected chi connectivity index (χ2v) is 6.49. The van der Waals surface area contributed by atoms with Crippen molar-refractivity contribution in [3.05, 3.63) is 11.5 Å². The van der Waals surface area contributed by atoms with Crippen LogP contribution in [0.2, 0.25) is 0 Å². The van der Waals surface area contributed by atoms with Crippen molar-refractivity contribution in [1.29, 1.82) is 0 Å². The van der Waals surface area contributed by atoms with Gasteiger partial charge in [-0.1, -0.05) is 0 Å². The van der Waals surface area contributed by atoms with E-state index in [9.17, 15) is 0 Å². The van der Waals surface area contributed by atoms with Gasteiger partial charge in [0.15, 0.2) is 5.65 Å². The molecule has 104 valence electrons. The number of halogens is 1. The smallest absolute Gasteiger partial charge is 0.159 e. The molecule has 0 radical (unpaired) electrons. The fourth-order valence-electron chi connectivity index (χ4n) is 3.15. The van der Waals surface area contributed by atoms with Crippen LogP contribution >= 0.6 is 11.6 Å². The number of nitrogens with zero attached hydrogens (tertiary/aromatic N) is 4. The van der Waals surface area contributed by atoms with Crippen LogP contribution in [-0.2, 0) is 19.0 Å². The number of aromatic nitrogens is 4. The average Bonchev–Trinajstić information content (AvgIpc) is 3.06. The number of imidazole rings is 1. The molecule has 2 heterocycles. The van der Waals surface area contributed by atoms with Crippen molar-refractivity contribution >= 4 is 22.8 Å². The Morgan fingerprint density at radius 1 is 1.37 bits per heavy atom. The van der Waals surface area contributed by atoms with E-state index in [0.717, 1.165) is 35.0 Å². The quantitative estimate of drug-likeness (QED) is 0.807. The van der Waals surface area contributed by atoms with Gasteiger partial charge < -0.3 is 4.57 Å². The monoisotopic (exact) mass is 280 g/mol. The van der Waals surface area contributed by atoms with Gasteiger partial charge in [-0.15, -0.1) is 11.6 Å². The summed E-state index contributed by atoms with van der Waals surface area (Å²) in [7, 11) is 2.00. The molecule has 0 amide bonds. The van der Waals surface area contributed by atoms with Gasteiger partial charge in [0, 0.05) is 24.9 Å². The van der Waals surface area contributed by atoms with Crippen LogP contribution in [0.5, 0.6) is 0 Å². The molecule has 1 fully saturated rings. The standard InChI is InChI=1S/C14H21ClN4/c1-9-12-13(18(4)17-9)19(11(16-12)7-8-15)14(2,3)10-5-6-10/h10H,5-8H2,1-4H3. The Labute approximate surface area is 118 Å². The van der Waals surface area contributed by atoms with E-state index in [4.69, 9.17) is 16.6 Å². The summed E-state index contributed by atoms with van der Waals surface area (Å²) >= 11 is 5.95. The molecule has 5 heteroatoms. The third-order valence-electron chi connectivity index (χ3n) is 4.34. The van der Waals surface area contributed by atoms with Crippen LogP contribution in [0.4, 0.5) is 0 Å². The summed E-state index contributed by atoms with van der Waals surface area (Å²) < 4.78 is 4.34. The van der Waals surface area contributed by atoms with E-state index in [1.807, 2.05) is 18.7 Å². The Balaban J connectivity index is 2.26. The Bertz CT molecular complexity index is 619. The van der Waals surface area contributed by atoms with E-state index in [2.05, 4.69) is 23.5 Å². The molecule has 0 aromatic carbocycles. The van der Waals surface area contributed by atoms with Crippen LogP contribution < -0.4 is 0 Å². The van der Waals surface area contributed by atoms with Gasteiger partial charge in [-0.25, -0.2) is 4.98 Å². The highest BCUT2D eigenvalue weighted by molar-refractivity contribution is 6.17. The van der Waals surface area contributed by atoms with Crippen LogP contribution in [0.1, 0.15) is 38.2 Å². The summed E-state index contributed by atoms with van der Waals surface area (Å²) in [5.74, 6) is 2.45. The largest absolute Gasteiger partial charge is 0.307 e. The minimum atomic E-state index is 0.0936. The highest BCUT2D eigenvalue weighted by atomic mass is 35.5. The molecule has 0 N–H and O–H groups in total. The Morgan fingerprint density at radius 3 is 2.63 bits per heavy atom. The lowest BCUT2D eigenvalue weighted by atomic mass is 9.98. The van der Waals surface area contributed by atoms with Crippen molar-refractivity contribution in [3.8, 4) is 0 Å². The fraction of sp³-hybridized carbons (Fsp3) is 0.714. The maximum Gasteiger partial charge on any atom is 0.159 e. The third kappa shape index (κ3) is 1.88. The molecule has 1 saturated carbocycles. The molecule has 0 spiro atoms. The number of rotatable bonds is 4. The lowest BCUT2D eigenvalue weighted by Gasteiger charge is -2.29. The molecule has 3 rings (SSSR count). The maximum atomic E-state index is 5.95. The van der Waals surface area contributed by atoms with Gasteiger partial charge in [-0.3, -0.25) is 4.68 Å². The van der Waals surface area contributed by atoms with Crippen molar-refractivity contribution in [3.63, 3.8) is 0 Å². The summed E-state index contributed by atoms with van der Waals surface area (Å²) in [6, 6.07) is 0. The van der Waals surface area contributed by atoms with E-state index < -0.39 is 0 Å². The molecule has 0 aliphatic heterocycles. The first kappa shape index (κ1) is 13.0. The van der Waals surface area contributed by atoms with Crippen LogP contribution in [0.25, 0.3) is 11.2 Å². The van der Waals surface area contributed by atoms with Crippen LogP contribution in [0.3, 0.4) is 0 Å².